The Bertz CT molecular complexity index is 217. The molecule has 0 aliphatic rings. The normalized spacial score (nSPS) is 12.6. The van der Waals surface area contributed by atoms with Gasteiger partial charge in [-0.2, -0.15) is 0 Å². The lowest BCUT2D eigenvalue weighted by atomic mass is 9.90. The maximum absolute atomic E-state index is 5.42. The molecule has 0 saturated carbocycles. The summed E-state index contributed by atoms with van der Waals surface area (Å²) in [7, 11) is 1.72. The van der Waals surface area contributed by atoms with Crippen molar-refractivity contribution in [2.24, 2.45) is 16.3 Å². The van der Waals surface area contributed by atoms with Gasteiger partial charge in [0.2, 0.25) is 5.96 Å². The van der Waals surface area contributed by atoms with E-state index in [4.69, 9.17) is 10.6 Å². The minimum absolute atomic E-state index is 0.130. The van der Waals surface area contributed by atoms with Crippen LogP contribution < -0.4 is 16.6 Å². The first-order chi connectivity index (χ1) is 8.05. The van der Waals surface area contributed by atoms with Gasteiger partial charge in [0.25, 0.3) is 0 Å². The van der Waals surface area contributed by atoms with Crippen LogP contribution >= 0.6 is 0 Å². The van der Waals surface area contributed by atoms with E-state index in [1.165, 1.54) is 0 Å². The van der Waals surface area contributed by atoms with Crippen LogP contribution in [0.15, 0.2) is 4.99 Å². The Morgan fingerprint density at radius 2 is 2.12 bits per heavy atom. The molecular weight excluding hydrogens is 216 g/mol. The molecular formula is C12H28N4O. The van der Waals surface area contributed by atoms with Gasteiger partial charge in [0.15, 0.2) is 0 Å². The average molecular weight is 244 g/mol. The highest BCUT2D eigenvalue weighted by atomic mass is 16.5. The number of hydrogen-bond donors (Lipinski definition) is 3. The van der Waals surface area contributed by atoms with Crippen LogP contribution in [-0.4, -0.2) is 32.8 Å². The molecule has 0 saturated heterocycles. The lowest BCUT2D eigenvalue weighted by Crippen LogP contribution is -2.42. The number of nitrogens with zero attached hydrogens (tertiary/aromatic N) is 1. The Hall–Kier alpha value is -0.810. The van der Waals surface area contributed by atoms with Gasteiger partial charge in [0, 0.05) is 26.8 Å². The second-order valence-electron chi connectivity index (χ2n) is 5.00. The van der Waals surface area contributed by atoms with Crippen LogP contribution in [0.1, 0.15) is 40.0 Å². The van der Waals surface area contributed by atoms with Gasteiger partial charge >= 0.3 is 0 Å². The Kier molecular flexibility index (Phi) is 8.80. The topological polar surface area (TPSA) is 71.7 Å². The van der Waals surface area contributed by atoms with Gasteiger partial charge in [-0.3, -0.25) is 10.4 Å². The van der Waals surface area contributed by atoms with E-state index in [9.17, 15) is 0 Å². The molecule has 0 atom stereocenters. The maximum Gasteiger partial charge on any atom is 0.205 e. The molecule has 4 N–H and O–H groups in total. The summed E-state index contributed by atoms with van der Waals surface area (Å²) in [6.45, 7) is 8.90. The molecule has 0 aromatic heterocycles. The van der Waals surface area contributed by atoms with E-state index >= 15 is 0 Å². The number of nitrogens with one attached hydrogen (secondary N) is 2. The summed E-state index contributed by atoms with van der Waals surface area (Å²) in [5, 5.41) is 3.18. The molecule has 0 amide bonds. The lowest BCUT2D eigenvalue weighted by molar-refractivity contribution is 0.155. The number of guanidine groups is 1. The Labute approximate surface area is 105 Å². The highest BCUT2D eigenvalue weighted by molar-refractivity contribution is 5.79. The predicted octanol–water partition coefficient (Wildman–Crippen LogP) is 1.26. The third kappa shape index (κ3) is 8.94. The lowest BCUT2D eigenvalue weighted by Gasteiger charge is -2.22. The Balaban J connectivity index is 4.05. The van der Waals surface area contributed by atoms with Crippen molar-refractivity contribution in [3.8, 4) is 0 Å². The van der Waals surface area contributed by atoms with Crippen molar-refractivity contribution >= 4 is 5.96 Å². The van der Waals surface area contributed by atoms with Crippen molar-refractivity contribution in [1.82, 2.24) is 10.7 Å². The minimum Gasteiger partial charge on any atom is -0.385 e. The van der Waals surface area contributed by atoms with Gasteiger partial charge in [-0.05, 0) is 18.3 Å². The van der Waals surface area contributed by atoms with Crippen LogP contribution in [0.4, 0.5) is 0 Å². The second-order valence-corrected chi connectivity index (χ2v) is 5.00. The number of methoxy groups -OCH3 is 1. The van der Waals surface area contributed by atoms with Gasteiger partial charge in [-0.15, -0.1) is 0 Å². The molecule has 0 aliphatic carbocycles. The van der Waals surface area contributed by atoms with Gasteiger partial charge in [0.1, 0.15) is 0 Å². The SMILES string of the molecule is CCCCNC(=NCC(C)(C)CCOC)NN. The quantitative estimate of drug-likeness (QED) is 0.198. The number of nitrogens with two attached hydrogens (primary N) is 1. The van der Waals surface area contributed by atoms with Crippen molar-refractivity contribution in [2.45, 2.75) is 40.0 Å². The molecule has 0 rings (SSSR count). The molecule has 102 valence electrons. The molecule has 0 aromatic rings. The van der Waals surface area contributed by atoms with E-state index in [0.29, 0.717) is 5.96 Å². The molecule has 5 nitrogen and oxygen atoms in total. The van der Waals surface area contributed by atoms with E-state index < -0.39 is 0 Å². The average Bonchev–Trinajstić information content (AvgIpc) is 2.31. The maximum atomic E-state index is 5.42. The number of ether oxygens (including phenoxy) is 1. The van der Waals surface area contributed by atoms with Crippen LogP contribution in [0, 0.1) is 5.41 Å². The predicted molar refractivity (Wildman–Crippen MR) is 72.8 cm³/mol. The van der Waals surface area contributed by atoms with Crippen molar-refractivity contribution < 1.29 is 4.74 Å². The number of hydrazine groups is 1. The largest absolute Gasteiger partial charge is 0.385 e. The summed E-state index contributed by atoms with van der Waals surface area (Å²) >= 11 is 0. The summed E-state index contributed by atoms with van der Waals surface area (Å²) in [6, 6.07) is 0. The summed E-state index contributed by atoms with van der Waals surface area (Å²) in [6.07, 6.45) is 3.26. The van der Waals surface area contributed by atoms with E-state index in [-0.39, 0.29) is 5.41 Å². The standard InChI is InChI=1S/C12H28N4O/c1-5-6-8-14-11(16-13)15-10-12(2,3)7-9-17-4/h5-10,13H2,1-4H3,(H2,14,15,16). The first-order valence-corrected chi connectivity index (χ1v) is 6.29. The summed E-state index contributed by atoms with van der Waals surface area (Å²) in [4.78, 5) is 4.45. The molecule has 0 aromatic carbocycles. The minimum atomic E-state index is 0.130. The fourth-order valence-electron chi connectivity index (χ4n) is 1.29. The molecule has 0 spiro atoms. The molecule has 17 heavy (non-hydrogen) atoms. The number of unbranched alkanes of at least 4 members (excludes halogenated alkanes) is 1. The first kappa shape index (κ1) is 16.2. The fraction of sp³-hybridized carbons (Fsp3) is 0.917. The molecule has 0 unspecified atom stereocenters. The van der Waals surface area contributed by atoms with Crippen LogP contribution in [0.25, 0.3) is 0 Å². The van der Waals surface area contributed by atoms with Crippen molar-refractivity contribution in [1.29, 1.82) is 0 Å². The second kappa shape index (κ2) is 9.24. The highest BCUT2D eigenvalue weighted by Gasteiger charge is 2.17. The summed E-state index contributed by atoms with van der Waals surface area (Å²) in [5.74, 6) is 6.09. The molecule has 0 radical (unpaired) electrons. The van der Waals surface area contributed by atoms with Crippen LogP contribution in [0.3, 0.4) is 0 Å². The number of hydrogen-bond acceptors (Lipinski definition) is 3. The highest BCUT2D eigenvalue weighted by Crippen LogP contribution is 2.20. The zero-order chi connectivity index (χ0) is 13.1. The molecule has 0 aliphatic heterocycles. The zero-order valence-corrected chi connectivity index (χ0v) is 11.7. The van der Waals surface area contributed by atoms with E-state index in [2.05, 4.69) is 36.5 Å². The van der Waals surface area contributed by atoms with E-state index in [1.54, 1.807) is 7.11 Å². The summed E-state index contributed by atoms with van der Waals surface area (Å²) in [5.41, 5.74) is 2.73. The smallest absolute Gasteiger partial charge is 0.205 e. The van der Waals surface area contributed by atoms with Gasteiger partial charge in [0.05, 0.1) is 0 Å². The molecule has 0 heterocycles. The third-order valence-electron chi connectivity index (χ3n) is 2.61. The van der Waals surface area contributed by atoms with E-state index in [0.717, 1.165) is 39.0 Å². The number of aliphatic imine (C=N–C) groups is 1. The molecule has 0 fully saturated rings. The third-order valence-corrected chi connectivity index (χ3v) is 2.61. The van der Waals surface area contributed by atoms with Crippen molar-refractivity contribution in [3.05, 3.63) is 0 Å². The molecule has 5 heteroatoms. The van der Waals surface area contributed by atoms with Gasteiger partial charge in [-0.1, -0.05) is 27.2 Å². The van der Waals surface area contributed by atoms with Crippen LogP contribution in [-0.2, 0) is 4.74 Å². The van der Waals surface area contributed by atoms with Crippen LogP contribution in [0.2, 0.25) is 0 Å². The Morgan fingerprint density at radius 3 is 2.65 bits per heavy atom. The monoisotopic (exact) mass is 244 g/mol. The van der Waals surface area contributed by atoms with Gasteiger partial charge < -0.3 is 10.1 Å². The fourth-order valence-corrected chi connectivity index (χ4v) is 1.29. The number of rotatable bonds is 8. The Morgan fingerprint density at radius 1 is 1.41 bits per heavy atom. The van der Waals surface area contributed by atoms with Crippen LogP contribution in [0.5, 0.6) is 0 Å². The molecule has 0 bridgehead atoms. The first-order valence-electron chi connectivity index (χ1n) is 6.29. The van der Waals surface area contributed by atoms with E-state index in [1.807, 2.05) is 0 Å². The summed E-state index contributed by atoms with van der Waals surface area (Å²) < 4.78 is 5.09. The van der Waals surface area contributed by atoms with Crippen molar-refractivity contribution in [3.63, 3.8) is 0 Å². The zero-order valence-electron chi connectivity index (χ0n) is 11.7. The van der Waals surface area contributed by atoms with Crippen molar-refractivity contribution in [2.75, 3.05) is 26.8 Å². The van der Waals surface area contributed by atoms with Gasteiger partial charge in [-0.25, -0.2) is 5.84 Å².